The van der Waals surface area contributed by atoms with Gasteiger partial charge in [0, 0.05) is 32.1 Å². The summed E-state index contributed by atoms with van der Waals surface area (Å²) in [7, 11) is -4.01. The van der Waals surface area contributed by atoms with Gasteiger partial charge in [0.1, 0.15) is 0 Å². The lowest BCUT2D eigenvalue weighted by atomic mass is 10.2. The van der Waals surface area contributed by atoms with E-state index in [9.17, 15) is 26.4 Å². The van der Waals surface area contributed by atoms with E-state index >= 15 is 0 Å². The van der Waals surface area contributed by atoms with E-state index in [1.807, 2.05) is 6.92 Å². The van der Waals surface area contributed by atoms with Crippen molar-refractivity contribution in [2.45, 2.75) is 24.4 Å². The molecule has 0 unspecified atom stereocenters. The number of carbonyl (C=O) groups excluding carboxylic acids is 1. The quantitative estimate of drug-likeness (QED) is 0.813. The molecule has 1 amide bonds. The maximum absolute atomic E-state index is 12.8. The fourth-order valence-corrected chi connectivity index (χ4v) is 4.50. The number of sulfonamides is 1. The van der Waals surface area contributed by atoms with E-state index < -0.39 is 21.8 Å². The molecule has 0 spiro atoms. The molecule has 5 nitrogen and oxygen atoms in total. The molecule has 1 aliphatic carbocycles. The molecule has 138 valence electrons. The van der Waals surface area contributed by atoms with Crippen molar-refractivity contribution in [3.05, 3.63) is 29.8 Å². The first-order chi connectivity index (χ1) is 11.6. The zero-order valence-electron chi connectivity index (χ0n) is 13.7. The fourth-order valence-electron chi connectivity index (χ4n) is 3.03. The number of rotatable bonds is 3. The van der Waals surface area contributed by atoms with Crippen LogP contribution in [0.3, 0.4) is 0 Å². The zero-order valence-corrected chi connectivity index (χ0v) is 14.5. The molecule has 1 saturated carbocycles. The van der Waals surface area contributed by atoms with Gasteiger partial charge in [0.2, 0.25) is 15.9 Å². The van der Waals surface area contributed by atoms with Crippen molar-refractivity contribution >= 4 is 15.9 Å². The number of nitrogens with zero attached hydrogens (tertiary/aromatic N) is 2. The van der Waals surface area contributed by atoms with Crippen LogP contribution in [-0.2, 0) is 21.0 Å². The summed E-state index contributed by atoms with van der Waals surface area (Å²) in [4.78, 5) is 13.5. The van der Waals surface area contributed by atoms with Gasteiger partial charge in [-0.2, -0.15) is 17.5 Å². The number of amides is 1. The molecule has 2 fully saturated rings. The molecule has 1 saturated heterocycles. The highest BCUT2D eigenvalue weighted by Gasteiger charge is 2.42. The van der Waals surface area contributed by atoms with Crippen molar-refractivity contribution in [2.75, 3.05) is 26.2 Å². The van der Waals surface area contributed by atoms with Crippen molar-refractivity contribution in [1.82, 2.24) is 9.21 Å². The van der Waals surface area contributed by atoms with Crippen molar-refractivity contribution < 1.29 is 26.4 Å². The van der Waals surface area contributed by atoms with Gasteiger partial charge in [0.25, 0.3) is 0 Å². The molecule has 2 atom stereocenters. The lowest BCUT2D eigenvalue weighted by Crippen LogP contribution is -2.51. The minimum Gasteiger partial charge on any atom is -0.340 e. The summed E-state index contributed by atoms with van der Waals surface area (Å²) < 4.78 is 64.7. The standard InChI is InChI=1S/C16H19F3N2O3S/c1-11-9-14(11)15(22)20-5-7-21(8-6-20)25(23,24)13-4-2-3-12(10-13)16(17,18)19/h2-4,10-11,14H,5-9H2,1H3/t11-,14+/m1/s1. The third kappa shape index (κ3) is 3.67. The van der Waals surface area contributed by atoms with E-state index in [-0.39, 0.29) is 42.9 Å². The topological polar surface area (TPSA) is 57.7 Å². The number of carbonyl (C=O) groups is 1. The zero-order chi connectivity index (χ0) is 18.4. The molecule has 3 rings (SSSR count). The molecule has 1 aliphatic heterocycles. The molecule has 25 heavy (non-hydrogen) atoms. The second kappa shape index (κ2) is 6.28. The first-order valence-electron chi connectivity index (χ1n) is 8.07. The highest BCUT2D eigenvalue weighted by molar-refractivity contribution is 7.89. The first kappa shape index (κ1) is 18.2. The van der Waals surface area contributed by atoms with Crippen molar-refractivity contribution in [3.8, 4) is 0 Å². The van der Waals surface area contributed by atoms with Gasteiger partial charge in [-0.15, -0.1) is 0 Å². The number of alkyl halides is 3. The van der Waals surface area contributed by atoms with Gasteiger partial charge in [-0.1, -0.05) is 13.0 Å². The highest BCUT2D eigenvalue weighted by atomic mass is 32.2. The normalized spacial score (nSPS) is 25.0. The summed E-state index contributed by atoms with van der Waals surface area (Å²) in [6.45, 7) is 2.70. The Bertz CT molecular complexity index is 771. The summed E-state index contributed by atoms with van der Waals surface area (Å²) >= 11 is 0. The van der Waals surface area contributed by atoms with Crippen LogP contribution in [0.25, 0.3) is 0 Å². The average Bonchev–Trinajstić information content (AvgIpc) is 3.30. The summed E-state index contributed by atoms with van der Waals surface area (Å²) in [5.41, 5.74) is -0.995. The van der Waals surface area contributed by atoms with Crippen LogP contribution in [-0.4, -0.2) is 49.7 Å². The van der Waals surface area contributed by atoms with Crippen molar-refractivity contribution in [2.24, 2.45) is 11.8 Å². The van der Waals surface area contributed by atoms with Crippen LogP contribution >= 0.6 is 0 Å². The second-order valence-corrected chi connectivity index (χ2v) is 8.51. The Hall–Kier alpha value is -1.61. The average molecular weight is 376 g/mol. The van der Waals surface area contributed by atoms with Gasteiger partial charge in [-0.25, -0.2) is 8.42 Å². The van der Waals surface area contributed by atoms with Gasteiger partial charge >= 0.3 is 6.18 Å². The Balaban J connectivity index is 1.71. The van der Waals surface area contributed by atoms with E-state index in [1.54, 1.807) is 4.90 Å². The number of hydrogen-bond acceptors (Lipinski definition) is 3. The SMILES string of the molecule is C[C@@H]1C[C@@H]1C(=O)N1CCN(S(=O)(=O)c2cccc(C(F)(F)F)c2)CC1. The maximum atomic E-state index is 12.8. The molecule has 0 bridgehead atoms. The lowest BCUT2D eigenvalue weighted by Gasteiger charge is -2.34. The van der Waals surface area contributed by atoms with E-state index in [0.717, 1.165) is 28.9 Å². The Morgan fingerprint density at radius 2 is 1.76 bits per heavy atom. The minimum atomic E-state index is -4.60. The molecule has 0 aromatic heterocycles. The molecule has 0 N–H and O–H groups in total. The number of piperazine rings is 1. The van der Waals surface area contributed by atoms with Gasteiger partial charge in [0.05, 0.1) is 10.5 Å². The predicted molar refractivity (Wildman–Crippen MR) is 84.1 cm³/mol. The van der Waals surface area contributed by atoms with Gasteiger partial charge in [0.15, 0.2) is 0 Å². The third-order valence-electron chi connectivity index (χ3n) is 4.78. The Morgan fingerprint density at radius 1 is 1.16 bits per heavy atom. The van der Waals surface area contributed by atoms with Crippen LogP contribution in [0.1, 0.15) is 18.9 Å². The maximum Gasteiger partial charge on any atom is 0.416 e. The summed E-state index contributed by atoms with van der Waals surface area (Å²) in [5, 5.41) is 0. The van der Waals surface area contributed by atoms with E-state index in [2.05, 4.69) is 0 Å². The van der Waals surface area contributed by atoms with Crippen LogP contribution in [0.4, 0.5) is 13.2 Å². The molecular weight excluding hydrogens is 357 g/mol. The molecular formula is C16H19F3N2O3S. The molecule has 1 heterocycles. The van der Waals surface area contributed by atoms with Crippen LogP contribution in [0.2, 0.25) is 0 Å². The molecule has 2 aliphatic rings. The van der Waals surface area contributed by atoms with Crippen molar-refractivity contribution in [1.29, 1.82) is 0 Å². The highest BCUT2D eigenvalue weighted by Crippen LogP contribution is 2.39. The monoisotopic (exact) mass is 376 g/mol. The molecule has 0 radical (unpaired) electrons. The largest absolute Gasteiger partial charge is 0.416 e. The molecule has 9 heteroatoms. The third-order valence-corrected chi connectivity index (χ3v) is 6.67. The van der Waals surface area contributed by atoms with Gasteiger partial charge < -0.3 is 4.90 Å². The van der Waals surface area contributed by atoms with Gasteiger partial charge in [-0.05, 0) is 30.5 Å². The van der Waals surface area contributed by atoms with Crippen LogP contribution in [0, 0.1) is 11.8 Å². The summed E-state index contributed by atoms with van der Waals surface area (Å²) in [6.07, 6.45) is -3.74. The first-order valence-corrected chi connectivity index (χ1v) is 9.51. The number of halogens is 3. The fraction of sp³-hybridized carbons (Fsp3) is 0.562. The molecule has 1 aromatic carbocycles. The van der Waals surface area contributed by atoms with Crippen LogP contribution in [0.15, 0.2) is 29.2 Å². The summed E-state index contributed by atoms with van der Waals surface area (Å²) in [6, 6.07) is 3.74. The Labute approximate surface area is 144 Å². The van der Waals surface area contributed by atoms with Crippen LogP contribution < -0.4 is 0 Å². The van der Waals surface area contributed by atoms with Crippen molar-refractivity contribution in [3.63, 3.8) is 0 Å². The summed E-state index contributed by atoms with van der Waals surface area (Å²) in [5.74, 6) is 0.453. The smallest absolute Gasteiger partial charge is 0.340 e. The molecule has 1 aromatic rings. The van der Waals surface area contributed by atoms with Crippen LogP contribution in [0.5, 0.6) is 0 Å². The van der Waals surface area contributed by atoms with E-state index in [4.69, 9.17) is 0 Å². The minimum absolute atomic E-state index is 0.0339. The Morgan fingerprint density at radius 3 is 2.28 bits per heavy atom. The van der Waals surface area contributed by atoms with E-state index in [0.29, 0.717) is 12.0 Å². The lowest BCUT2D eigenvalue weighted by molar-refractivity contribution is -0.137. The second-order valence-electron chi connectivity index (χ2n) is 6.57. The number of hydrogen-bond donors (Lipinski definition) is 0. The predicted octanol–water partition coefficient (Wildman–Crippen LogP) is 2.19. The number of benzene rings is 1. The van der Waals surface area contributed by atoms with Gasteiger partial charge in [-0.3, -0.25) is 4.79 Å². The van der Waals surface area contributed by atoms with E-state index in [1.165, 1.54) is 0 Å². The Kier molecular flexibility index (Phi) is 4.57.